The standard InChI is InChI=1S/C19H22N2O2/c22-19(15-6-1-2-7-15)21-12-11-16(13-21)23-18-10-9-14-5-3-4-8-17(14)20-18/h3-5,8-10,15-16H,1-2,6-7,11-13H2. The van der Waals surface area contributed by atoms with Gasteiger partial charge in [0.05, 0.1) is 12.1 Å². The number of aromatic nitrogens is 1. The van der Waals surface area contributed by atoms with Crippen LogP contribution in [0.1, 0.15) is 32.1 Å². The number of ether oxygens (including phenoxy) is 1. The van der Waals surface area contributed by atoms with E-state index in [1.807, 2.05) is 41.3 Å². The average molecular weight is 310 g/mol. The maximum Gasteiger partial charge on any atom is 0.225 e. The zero-order valence-corrected chi connectivity index (χ0v) is 13.3. The summed E-state index contributed by atoms with van der Waals surface area (Å²) in [6.45, 7) is 1.51. The van der Waals surface area contributed by atoms with E-state index in [0.717, 1.165) is 36.7 Å². The molecule has 1 saturated carbocycles. The molecule has 1 atom stereocenters. The molecule has 2 heterocycles. The summed E-state index contributed by atoms with van der Waals surface area (Å²) in [6.07, 6.45) is 5.48. The number of carbonyl (C=O) groups excluding carboxylic acids is 1. The number of carbonyl (C=O) groups is 1. The van der Waals surface area contributed by atoms with Crippen molar-refractivity contribution in [2.24, 2.45) is 5.92 Å². The summed E-state index contributed by atoms with van der Waals surface area (Å²) >= 11 is 0. The Morgan fingerprint density at radius 1 is 1.09 bits per heavy atom. The number of para-hydroxylation sites is 1. The highest BCUT2D eigenvalue weighted by atomic mass is 16.5. The van der Waals surface area contributed by atoms with E-state index >= 15 is 0 Å². The van der Waals surface area contributed by atoms with Crippen molar-refractivity contribution >= 4 is 16.8 Å². The van der Waals surface area contributed by atoms with Crippen LogP contribution in [-0.4, -0.2) is 35.0 Å². The SMILES string of the molecule is O=C(C1CCCC1)N1CCC(Oc2ccc3ccccc3n2)C1. The smallest absolute Gasteiger partial charge is 0.225 e. The lowest BCUT2D eigenvalue weighted by molar-refractivity contribution is -0.134. The third kappa shape index (κ3) is 3.03. The Labute approximate surface area is 136 Å². The fraction of sp³-hybridized carbons (Fsp3) is 0.474. The van der Waals surface area contributed by atoms with Crippen LogP contribution in [0.4, 0.5) is 0 Å². The van der Waals surface area contributed by atoms with Crippen LogP contribution in [0.3, 0.4) is 0 Å². The molecule has 2 aromatic rings. The first-order valence-electron chi connectivity index (χ1n) is 8.61. The number of pyridine rings is 1. The van der Waals surface area contributed by atoms with E-state index < -0.39 is 0 Å². The number of hydrogen-bond donors (Lipinski definition) is 0. The van der Waals surface area contributed by atoms with Gasteiger partial charge in [0.15, 0.2) is 0 Å². The number of likely N-dealkylation sites (tertiary alicyclic amines) is 1. The molecule has 1 saturated heterocycles. The first kappa shape index (κ1) is 14.5. The van der Waals surface area contributed by atoms with Crippen LogP contribution in [0.15, 0.2) is 36.4 Å². The van der Waals surface area contributed by atoms with Gasteiger partial charge in [0.25, 0.3) is 0 Å². The van der Waals surface area contributed by atoms with Gasteiger partial charge in [-0.15, -0.1) is 0 Å². The number of fused-ring (bicyclic) bond motifs is 1. The molecule has 2 fully saturated rings. The number of hydrogen-bond acceptors (Lipinski definition) is 3. The van der Waals surface area contributed by atoms with Gasteiger partial charge in [-0.25, -0.2) is 4.98 Å². The second-order valence-electron chi connectivity index (χ2n) is 6.64. The van der Waals surface area contributed by atoms with E-state index in [0.29, 0.717) is 18.3 Å². The Balaban J connectivity index is 1.40. The van der Waals surface area contributed by atoms with Crippen LogP contribution in [0.25, 0.3) is 10.9 Å². The minimum absolute atomic E-state index is 0.0639. The molecule has 4 heteroatoms. The third-order valence-corrected chi connectivity index (χ3v) is 5.02. The monoisotopic (exact) mass is 310 g/mol. The van der Waals surface area contributed by atoms with Crippen LogP contribution in [-0.2, 0) is 4.79 Å². The molecular formula is C19H22N2O2. The lowest BCUT2D eigenvalue weighted by atomic mass is 10.1. The van der Waals surface area contributed by atoms with Crippen molar-refractivity contribution in [3.05, 3.63) is 36.4 Å². The largest absolute Gasteiger partial charge is 0.472 e. The summed E-state index contributed by atoms with van der Waals surface area (Å²) in [6, 6.07) is 12.0. The molecule has 1 aliphatic carbocycles. The first-order valence-corrected chi connectivity index (χ1v) is 8.61. The van der Waals surface area contributed by atoms with Gasteiger partial charge < -0.3 is 9.64 Å². The number of rotatable bonds is 3. The Morgan fingerprint density at radius 3 is 2.78 bits per heavy atom. The molecule has 0 radical (unpaired) electrons. The summed E-state index contributed by atoms with van der Waals surface area (Å²) in [5.74, 6) is 1.25. The van der Waals surface area contributed by atoms with Gasteiger partial charge in [-0.1, -0.05) is 31.0 Å². The van der Waals surface area contributed by atoms with Crippen molar-refractivity contribution in [3.8, 4) is 5.88 Å². The van der Waals surface area contributed by atoms with Gasteiger partial charge in [0, 0.05) is 30.3 Å². The van der Waals surface area contributed by atoms with Crippen molar-refractivity contribution in [1.82, 2.24) is 9.88 Å². The second kappa shape index (κ2) is 6.19. The Kier molecular flexibility index (Phi) is 3.90. The van der Waals surface area contributed by atoms with Crippen LogP contribution >= 0.6 is 0 Å². The number of benzene rings is 1. The van der Waals surface area contributed by atoms with Crippen molar-refractivity contribution in [1.29, 1.82) is 0 Å². The molecular weight excluding hydrogens is 288 g/mol. The molecule has 0 N–H and O–H groups in total. The van der Waals surface area contributed by atoms with E-state index in [9.17, 15) is 4.79 Å². The van der Waals surface area contributed by atoms with E-state index in [-0.39, 0.29) is 12.0 Å². The third-order valence-electron chi connectivity index (χ3n) is 5.02. The molecule has 1 unspecified atom stereocenters. The topological polar surface area (TPSA) is 42.4 Å². The zero-order chi connectivity index (χ0) is 15.6. The van der Waals surface area contributed by atoms with Gasteiger partial charge in [-0.05, 0) is 25.0 Å². The summed E-state index contributed by atoms with van der Waals surface area (Å²) in [4.78, 5) is 19.0. The second-order valence-corrected chi connectivity index (χ2v) is 6.64. The van der Waals surface area contributed by atoms with E-state index in [2.05, 4.69) is 4.98 Å². The minimum Gasteiger partial charge on any atom is -0.472 e. The maximum absolute atomic E-state index is 12.5. The van der Waals surface area contributed by atoms with Crippen molar-refractivity contribution < 1.29 is 9.53 Å². The highest BCUT2D eigenvalue weighted by molar-refractivity contribution is 5.79. The van der Waals surface area contributed by atoms with Crippen molar-refractivity contribution in [2.45, 2.75) is 38.2 Å². The molecule has 1 aromatic carbocycles. The van der Waals surface area contributed by atoms with Gasteiger partial charge in [-0.3, -0.25) is 4.79 Å². The zero-order valence-electron chi connectivity index (χ0n) is 13.3. The lowest BCUT2D eigenvalue weighted by Gasteiger charge is -2.20. The van der Waals surface area contributed by atoms with Gasteiger partial charge >= 0.3 is 0 Å². The van der Waals surface area contributed by atoms with Crippen molar-refractivity contribution in [2.75, 3.05) is 13.1 Å². The van der Waals surface area contributed by atoms with Crippen LogP contribution in [0.2, 0.25) is 0 Å². The molecule has 1 amide bonds. The number of amides is 1. The predicted molar refractivity (Wildman–Crippen MR) is 89.3 cm³/mol. The van der Waals surface area contributed by atoms with Gasteiger partial charge in [-0.2, -0.15) is 0 Å². The van der Waals surface area contributed by atoms with Gasteiger partial charge in [0.1, 0.15) is 6.10 Å². The highest BCUT2D eigenvalue weighted by Gasteiger charge is 2.33. The minimum atomic E-state index is 0.0639. The van der Waals surface area contributed by atoms with E-state index in [1.54, 1.807) is 0 Å². The molecule has 1 aromatic heterocycles. The fourth-order valence-electron chi connectivity index (χ4n) is 3.74. The van der Waals surface area contributed by atoms with Crippen LogP contribution < -0.4 is 4.74 Å². The lowest BCUT2D eigenvalue weighted by Crippen LogP contribution is -2.34. The van der Waals surface area contributed by atoms with Crippen LogP contribution in [0, 0.1) is 5.92 Å². The molecule has 0 spiro atoms. The fourth-order valence-corrected chi connectivity index (χ4v) is 3.74. The van der Waals surface area contributed by atoms with Crippen molar-refractivity contribution in [3.63, 3.8) is 0 Å². The maximum atomic E-state index is 12.5. The van der Waals surface area contributed by atoms with Crippen LogP contribution in [0.5, 0.6) is 5.88 Å². The Morgan fingerprint density at radius 2 is 1.91 bits per heavy atom. The summed E-state index contributed by atoms with van der Waals surface area (Å²) in [7, 11) is 0. The van der Waals surface area contributed by atoms with E-state index in [4.69, 9.17) is 4.74 Å². The molecule has 4 rings (SSSR count). The molecule has 2 aliphatic rings. The normalized spacial score (nSPS) is 21.9. The quantitative estimate of drug-likeness (QED) is 0.872. The summed E-state index contributed by atoms with van der Waals surface area (Å²) in [5.41, 5.74) is 0.946. The molecule has 120 valence electrons. The summed E-state index contributed by atoms with van der Waals surface area (Å²) in [5, 5.41) is 1.12. The molecule has 23 heavy (non-hydrogen) atoms. The molecule has 1 aliphatic heterocycles. The highest BCUT2D eigenvalue weighted by Crippen LogP contribution is 2.28. The Bertz CT molecular complexity index is 709. The average Bonchev–Trinajstić information content (AvgIpc) is 3.26. The molecule has 0 bridgehead atoms. The number of nitrogens with zero attached hydrogens (tertiary/aromatic N) is 2. The molecule has 4 nitrogen and oxygen atoms in total. The predicted octanol–water partition coefficient (Wildman–Crippen LogP) is 3.40. The van der Waals surface area contributed by atoms with E-state index in [1.165, 1.54) is 12.8 Å². The first-order chi connectivity index (χ1) is 11.3. The Hall–Kier alpha value is -2.10. The van der Waals surface area contributed by atoms with Gasteiger partial charge in [0.2, 0.25) is 11.8 Å². The summed E-state index contributed by atoms with van der Waals surface area (Å²) < 4.78 is 6.02.